The molecule has 3 aliphatic heterocycles. The largest absolute Gasteiger partial charge is 0.455 e. The molecule has 0 aliphatic carbocycles. The average Bonchev–Trinajstić information content (AvgIpc) is 3.75. The van der Waals surface area contributed by atoms with Gasteiger partial charge in [0.15, 0.2) is 17.7 Å². The molecule has 1 aromatic carbocycles. The van der Waals surface area contributed by atoms with Crippen LogP contribution in [0.1, 0.15) is 106 Å². The molecule has 0 saturated carbocycles. The molecule has 1 amide bonds. The number of unbranched alkanes of at least 4 members (excludes halogenated alkanes) is 1. The number of aliphatic hydroxyl groups is 1. The van der Waals surface area contributed by atoms with E-state index >= 15 is 4.39 Å². The van der Waals surface area contributed by atoms with E-state index in [-0.39, 0.29) is 31.3 Å². The number of nitrogens with zero attached hydrogens (tertiary/aromatic N) is 4. The summed E-state index contributed by atoms with van der Waals surface area (Å²) in [6.45, 7) is 15.9. The first kappa shape index (κ1) is 49.1. The summed E-state index contributed by atoms with van der Waals surface area (Å²) < 4.78 is 49.9. The topological polar surface area (TPSA) is 181 Å². The average molecular weight is 894 g/mol. The Kier molecular flexibility index (Phi) is 15.4. The lowest BCUT2D eigenvalue weighted by Crippen LogP contribution is -2.62. The molecule has 3 aliphatic rings. The third-order valence-electron chi connectivity index (χ3n) is 13.9. The number of aliphatic hydroxyl groups excluding tert-OH is 1. The zero-order chi connectivity index (χ0) is 46.7. The zero-order valence-corrected chi connectivity index (χ0v) is 39.0. The highest BCUT2D eigenvalue weighted by Crippen LogP contribution is 2.44. The third-order valence-corrected chi connectivity index (χ3v) is 13.9. The number of ether oxygens (including phenoxy) is 5. The molecular weight excluding hydrogens is 826 g/mol. The number of amides is 1. The molecule has 15 nitrogen and oxygen atoms in total. The number of aryl methyl sites for hydroxylation is 1. The van der Waals surface area contributed by atoms with Crippen LogP contribution in [-0.2, 0) is 51.0 Å². The molecule has 0 bridgehead atoms. The summed E-state index contributed by atoms with van der Waals surface area (Å²) in [5, 5.41) is 14.7. The number of cyclic esters (lactones) is 1. The number of carbonyl (C=O) groups excluding carboxylic acids is 4. The number of benzene rings is 1. The first-order valence-electron chi connectivity index (χ1n) is 22.9. The summed E-state index contributed by atoms with van der Waals surface area (Å²) in [5.74, 6) is -4.94. The number of carbonyl (C=O) groups is 4. The highest BCUT2D eigenvalue weighted by molar-refractivity contribution is 6.08. The van der Waals surface area contributed by atoms with Crippen molar-refractivity contribution in [3.63, 3.8) is 0 Å². The van der Waals surface area contributed by atoms with Gasteiger partial charge < -0.3 is 43.6 Å². The van der Waals surface area contributed by atoms with Gasteiger partial charge in [-0.15, -0.1) is 0 Å². The molecule has 3 aromatic rings. The van der Waals surface area contributed by atoms with Gasteiger partial charge >= 0.3 is 12.1 Å². The van der Waals surface area contributed by atoms with Crippen molar-refractivity contribution in [3.05, 3.63) is 60.2 Å². The number of pyridine rings is 1. The molecule has 16 heteroatoms. The lowest BCUT2D eigenvalue weighted by atomic mass is 9.73. The maximum absolute atomic E-state index is 17.0. The fourth-order valence-corrected chi connectivity index (χ4v) is 10.4. The van der Waals surface area contributed by atoms with Gasteiger partial charge in [0.2, 0.25) is 0 Å². The van der Waals surface area contributed by atoms with Gasteiger partial charge in [0.1, 0.15) is 23.8 Å². The molecule has 0 radical (unpaired) electrons. The SMILES string of the molecule is CCN[C@H]1C[C@@H](C)O[C@@H](O[C@@H]2[C@@H](C)C(=O)[C@](C)(F)C(=O)O[C@H](CC)[C@@]3(C)OC(=O)N(CCCCn4c(Cc5cccnc5)nc5ccccc54)C3[C@@H](C)C(=O)[C@H](C)C[C@@]2(C)OC)[C@H]1O. The number of nitrogens with one attached hydrogen (secondary N) is 1. The fourth-order valence-electron chi connectivity index (χ4n) is 10.4. The molecule has 3 saturated heterocycles. The number of halogens is 1. The second-order valence-electron chi connectivity index (χ2n) is 18.6. The molecule has 13 atom stereocenters. The third kappa shape index (κ3) is 9.76. The van der Waals surface area contributed by atoms with Crippen molar-refractivity contribution in [2.45, 2.75) is 167 Å². The Labute approximate surface area is 376 Å². The molecule has 0 spiro atoms. The highest BCUT2D eigenvalue weighted by Gasteiger charge is 2.61. The summed E-state index contributed by atoms with van der Waals surface area (Å²) >= 11 is 0. The maximum Gasteiger partial charge on any atom is 0.410 e. The van der Waals surface area contributed by atoms with Gasteiger partial charge in [0.05, 0.1) is 34.9 Å². The van der Waals surface area contributed by atoms with Crippen LogP contribution < -0.4 is 5.32 Å². The van der Waals surface area contributed by atoms with Crippen molar-refractivity contribution >= 4 is 34.7 Å². The predicted octanol–water partition coefficient (Wildman–Crippen LogP) is 6.15. The fraction of sp³-hybridized carbons (Fsp3) is 0.667. The van der Waals surface area contributed by atoms with Crippen molar-refractivity contribution in [2.24, 2.45) is 17.8 Å². The van der Waals surface area contributed by atoms with E-state index in [4.69, 9.17) is 28.7 Å². The van der Waals surface area contributed by atoms with Crippen LogP contribution >= 0.6 is 0 Å². The van der Waals surface area contributed by atoms with E-state index in [2.05, 4.69) is 14.9 Å². The van der Waals surface area contributed by atoms with E-state index in [1.54, 1.807) is 40.8 Å². The van der Waals surface area contributed by atoms with E-state index in [0.717, 1.165) is 29.3 Å². The van der Waals surface area contributed by atoms with Crippen molar-refractivity contribution in [1.82, 2.24) is 24.8 Å². The lowest BCUT2D eigenvalue weighted by Gasteiger charge is -2.46. The van der Waals surface area contributed by atoms with Crippen molar-refractivity contribution in [3.8, 4) is 0 Å². The molecule has 6 rings (SSSR count). The molecule has 3 fully saturated rings. The summed E-state index contributed by atoms with van der Waals surface area (Å²) in [4.78, 5) is 68.0. The number of hydrogen-bond acceptors (Lipinski definition) is 13. The number of aromatic nitrogens is 3. The Morgan fingerprint density at radius 1 is 0.984 bits per heavy atom. The van der Waals surface area contributed by atoms with Crippen LogP contribution in [0.15, 0.2) is 48.8 Å². The second kappa shape index (κ2) is 20.0. The van der Waals surface area contributed by atoms with Crippen LogP contribution in [0.3, 0.4) is 0 Å². The van der Waals surface area contributed by atoms with E-state index in [0.29, 0.717) is 38.8 Å². The van der Waals surface area contributed by atoms with E-state index in [1.807, 2.05) is 56.4 Å². The minimum absolute atomic E-state index is 0.00685. The monoisotopic (exact) mass is 893 g/mol. The van der Waals surface area contributed by atoms with E-state index in [9.17, 15) is 24.3 Å². The molecule has 2 N–H and O–H groups in total. The maximum atomic E-state index is 17.0. The Balaban J connectivity index is 1.30. The molecule has 5 heterocycles. The van der Waals surface area contributed by atoms with Gasteiger partial charge in [0.25, 0.3) is 5.67 Å². The minimum atomic E-state index is -3.19. The van der Waals surface area contributed by atoms with Crippen LogP contribution in [0.25, 0.3) is 11.0 Å². The molecule has 352 valence electrons. The van der Waals surface area contributed by atoms with Gasteiger partial charge in [-0.2, -0.15) is 0 Å². The summed E-state index contributed by atoms with van der Waals surface area (Å²) in [5.41, 5.74) is -3.37. The first-order valence-corrected chi connectivity index (χ1v) is 22.9. The van der Waals surface area contributed by atoms with Crippen LogP contribution in [0.5, 0.6) is 0 Å². The Morgan fingerprint density at radius 3 is 2.38 bits per heavy atom. The Hall–Kier alpha value is -4.35. The first-order chi connectivity index (χ1) is 30.3. The van der Waals surface area contributed by atoms with Crippen molar-refractivity contribution in [1.29, 1.82) is 0 Å². The smallest absolute Gasteiger partial charge is 0.410 e. The predicted molar refractivity (Wildman–Crippen MR) is 236 cm³/mol. The number of hydrogen-bond donors (Lipinski definition) is 2. The van der Waals surface area contributed by atoms with E-state index in [1.165, 1.54) is 18.9 Å². The normalized spacial score (nSPS) is 35.5. The number of esters is 1. The second-order valence-corrected chi connectivity index (χ2v) is 18.6. The van der Waals surface area contributed by atoms with Crippen LogP contribution in [0.2, 0.25) is 0 Å². The minimum Gasteiger partial charge on any atom is -0.455 e. The summed E-state index contributed by atoms with van der Waals surface area (Å²) in [6, 6.07) is 10.5. The number of imidazole rings is 1. The quantitative estimate of drug-likeness (QED) is 0.114. The standard InChI is InChI=1S/C48H68FN5O10/c1-11-36-48(9)40(54(45(59)64-48)23-16-15-22-53-35-20-14-13-19-33(35)52-37(53)25-32-18-17-21-50-27-32)30(5)38(55)28(3)26-46(7,60-10)42(31(6)41(57)47(8,49)44(58)62-36)63-43-39(56)34(51-12-2)24-29(4)61-43/h13-14,17-21,27-31,34,36,39-40,42-43,51,56H,11-12,15-16,22-26H2,1-10H3/t28-,29-,30+,31+,34+,36-,39+,40?,42-,43+,46-,47+,48-/m1/s1. The highest BCUT2D eigenvalue weighted by atomic mass is 19.1. The van der Waals surface area contributed by atoms with Gasteiger partial charge in [-0.05, 0) is 90.1 Å². The van der Waals surface area contributed by atoms with Gasteiger partial charge in [-0.25, -0.2) is 19.0 Å². The Bertz CT molecular complexity index is 2120. The molecule has 2 aromatic heterocycles. The van der Waals surface area contributed by atoms with Gasteiger partial charge in [-0.3, -0.25) is 14.6 Å². The number of likely N-dealkylation sites (N-methyl/N-ethyl adjacent to an activating group) is 1. The number of ketones is 2. The number of para-hydroxylation sites is 2. The van der Waals surface area contributed by atoms with Crippen molar-refractivity contribution < 1.29 is 52.4 Å². The van der Waals surface area contributed by atoms with Crippen LogP contribution in [0.4, 0.5) is 9.18 Å². The number of alkyl halides is 1. The van der Waals surface area contributed by atoms with Crippen LogP contribution in [-0.4, -0.2) is 128 Å². The molecular formula is C48H68FN5O10. The number of methoxy groups -OCH3 is 1. The lowest BCUT2D eigenvalue weighted by molar-refractivity contribution is -0.290. The van der Waals surface area contributed by atoms with Crippen LogP contribution in [0, 0.1) is 17.8 Å². The van der Waals surface area contributed by atoms with E-state index < -0.39 is 89.2 Å². The zero-order valence-electron chi connectivity index (χ0n) is 39.0. The molecule has 1 unspecified atom stereocenters. The van der Waals surface area contributed by atoms with Gasteiger partial charge in [-0.1, -0.05) is 52.8 Å². The number of fused-ring (bicyclic) bond motifs is 2. The number of rotatable bonds is 13. The summed E-state index contributed by atoms with van der Waals surface area (Å²) in [6.07, 6.45) is -0.153. The molecule has 64 heavy (non-hydrogen) atoms. The summed E-state index contributed by atoms with van der Waals surface area (Å²) in [7, 11) is 1.41. The van der Waals surface area contributed by atoms with Gasteiger partial charge in [0, 0.05) is 62.8 Å². The number of Topliss-reactive ketones (excluding diaryl/α,β-unsaturated/α-hetero) is 2. The Morgan fingerprint density at radius 2 is 1.70 bits per heavy atom. The van der Waals surface area contributed by atoms with Crippen molar-refractivity contribution in [2.75, 3.05) is 20.2 Å².